The van der Waals surface area contributed by atoms with E-state index in [9.17, 15) is 53.4 Å². The Labute approximate surface area is 374 Å². The number of amides is 6. The molecule has 0 bridgehead atoms. The number of carboxylic acid groups (broad SMARTS) is 2. The lowest BCUT2D eigenvalue weighted by Crippen LogP contribution is -2.62. The van der Waals surface area contributed by atoms with E-state index < -0.39 is 114 Å². The number of nitrogens with one attached hydrogen (secondary N) is 7. The van der Waals surface area contributed by atoms with Crippen LogP contribution in [0.25, 0.3) is 0 Å². The Morgan fingerprint density at radius 2 is 1.43 bits per heavy atom. The van der Waals surface area contributed by atoms with Gasteiger partial charge in [-0.25, -0.2) is 9.59 Å². The molecular weight excluding hydrogens is 853 g/mol. The van der Waals surface area contributed by atoms with Gasteiger partial charge in [0.15, 0.2) is 5.96 Å². The lowest BCUT2D eigenvalue weighted by atomic mass is 9.96. The fourth-order valence-corrected chi connectivity index (χ4v) is 7.06. The number of carboxylic acids is 2. The summed E-state index contributed by atoms with van der Waals surface area (Å²) in [5.74, 6) is -9.04. The monoisotopic (exact) mass is 914 g/mol. The normalized spacial score (nSPS) is 16.7. The van der Waals surface area contributed by atoms with E-state index in [1.807, 2.05) is 0 Å². The molecule has 1 aromatic carbocycles. The fourth-order valence-electron chi connectivity index (χ4n) is 7.06. The third-order valence-corrected chi connectivity index (χ3v) is 10.9. The number of likely N-dealkylation sites (tertiary alicyclic amines) is 1. The van der Waals surface area contributed by atoms with Crippen LogP contribution in [0, 0.1) is 11.8 Å². The first kappa shape index (κ1) is 52.4. The second-order valence-electron chi connectivity index (χ2n) is 16.3. The largest absolute Gasteiger partial charge is 0.508 e. The number of benzene rings is 1. The molecular formula is C41H62N12O12. The minimum absolute atomic E-state index is 0.0563. The van der Waals surface area contributed by atoms with Crippen LogP contribution in [0.4, 0.5) is 0 Å². The average Bonchev–Trinajstić information content (AvgIpc) is 3.91. The second-order valence-corrected chi connectivity index (χ2v) is 16.3. The van der Waals surface area contributed by atoms with Gasteiger partial charge < -0.3 is 74.0 Å². The minimum Gasteiger partial charge on any atom is -0.508 e. The van der Waals surface area contributed by atoms with Gasteiger partial charge in [0, 0.05) is 37.8 Å². The number of aromatic nitrogens is 2. The van der Waals surface area contributed by atoms with Gasteiger partial charge >= 0.3 is 17.6 Å². The van der Waals surface area contributed by atoms with Crippen LogP contribution in [-0.2, 0) is 51.2 Å². The molecule has 0 aliphatic carbocycles. The highest BCUT2D eigenvalue weighted by atomic mass is 16.4. The van der Waals surface area contributed by atoms with E-state index in [2.05, 4.69) is 41.5 Å². The number of aliphatic carboxylic acids is 2. The summed E-state index contributed by atoms with van der Waals surface area (Å²) in [6.45, 7) is 6.83. The van der Waals surface area contributed by atoms with Crippen LogP contribution in [0.3, 0.4) is 0 Å². The number of aromatic hydroxyl groups is 1. The molecule has 1 aliphatic rings. The molecule has 0 saturated carbocycles. The summed E-state index contributed by atoms with van der Waals surface area (Å²) in [5.41, 5.74) is 16.7. The smallest absolute Gasteiger partial charge is 0.326 e. The topological polar surface area (TPSA) is 400 Å². The highest BCUT2D eigenvalue weighted by Crippen LogP contribution is 2.20. The van der Waals surface area contributed by atoms with Crippen LogP contribution in [0.5, 0.6) is 5.75 Å². The first-order valence-electron chi connectivity index (χ1n) is 21.2. The number of carbonyl (C=O) groups excluding carboxylic acids is 6. The number of rotatable bonds is 25. The zero-order valence-corrected chi connectivity index (χ0v) is 36.8. The Kier molecular flexibility index (Phi) is 19.9. The van der Waals surface area contributed by atoms with Crippen LogP contribution in [-0.4, -0.2) is 139 Å². The number of nitrogens with zero attached hydrogens (tertiary/aromatic N) is 2. The molecule has 358 valence electrons. The Morgan fingerprint density at radius 1 is 0.831 bits per heavy atom. The van der Waals surface area contributed by atoms with Gasteiger partial charge in [0.05, 0.1) is 12.5 Å². The number of imidazole rings is 1. The number of hydrogen-bond donors (Lipinski definition) is 13. The van der Waals surface area contributed by atoms with Crippen molar-refractivity contribution in [3.63, 3.8) is 0 Å². The summed E-state index contributed by atoms with van der Waals surface area (Å²) in [4.78, 5) is 128. The van der Waals surface area contributed by atoms with Crippen molar-refractivity contribution >= 4 is 53.3 Å². The lowest BCUT2D eigenvalue weighted by molar-refractivity contribution is -0.149. The minimum atomic E-state index is -1.50. The molecule has 3 rings (SSSR count). The molecule has 16 N–H and O–H groups in total. The van der Waals surface area contributed by atoms with Crippen LogP contribution in [0.1, 0.15) is 77.5 Å². The van der Waals surface area contributed by atoms with Gasteiger partial charge in [0.2, 0.25) is 35.4 Å². The summed E-state index contributed by atoms with van der Waals surface area (Å²) in [6, 6.07) is -3.65. The maximum Gasteiger partial charge on any atom is 0.326 e. The van der Waals surface area contributed by atoms with Crippen LogP contribution in [0.2, 0.25) is 0 Å². The summed E-state index contributed by atoms with van der Waals surface area (Å²) in [7, 11) is 0. The van der Waals surface area contributed by atoms with Crippen molar-refractivity contribution in [2.75, 3.05) is 13.1 Å². The zero-order valence-electron chi connectivity index (χ0n) is 36.8. The highest BCUT2D eigenvalue weighted by molar-refractivity contribution is 5.97. The van der Waals surface area contributed by atoms with Gasteiger partial charge in [-0.2, -0.15) is 0 Å². The first-order valence-corrected chi connectivity index (χ1v) is 21.2. The molecule has 2 aromatic rings. The molecule has 65 heavy (non-hydrogen) atoms. The van der Waals surface area contributed by atoms with Crippen molar-refractivity contribution in [2.45, 2.75) is 121 Å². The molecule has 1 aromatic heterocycles. The summed E-state index contributed by atoms with van der Waals surface area (Å²) in [6.07, 6.45) is 1.25. The third-order valence-electron chi connectivity index (χ3n) is 10.9. The van der Waals surface area contributed by atoms with Gasteiger partial charge in [0.1, 0.15) is 42.0 Å². The highest BCUT2D eigenvalue weighted by Gasteiger charge is 2.40. The number of hydrogen-bond acceptors (Lipinski definition) is 12. The van der Waals surface area contributed by atoms with E-state index in [1.165, 1.54) is 30.5 Å². The number of phenols is 1. The molecule has 8 atom stereocenters. The van der Waals surface area contributed by atoms with Gasteiger partial charge in [-0.1, -0.05) is 46.2 Å². The predicted molar refractivity (Wildman–Crippen MR) is 233 cm³/mol. The van der Waals surface area contributed by atoms with Gasteiger partial charge in [-0.15, -0.1) is 0 Å². The Bertz CT molecular complexity index is 2080. The fraction of sp³-hybridized carbons (Fsp3) is 0.561. The number of aromatic amines is 2. The van der Waals surface area contributed by atoms with Gasteiger partial charge in [0.25, 0.3) is 0 Å². The number of phenolic OH excluding ortho intramolecular Hbond substituents is 1. The molecule has 1 fully saturated rings. The summed E-state index contributed by atoms with van der Waals surface area (Å²) in [5, 5.41) is 41.9. The molecule has 0 spiro atoms. The first-order chi connectivity index (χ1) is 30.6. The second kappa shape index (κ2) is 24.8. The summed E-state index contributed by atoms with van der Waals surface area (Å²) < 4.78 is 0. The van der Waals surface area contributed by atoms with Crippen LogP contribution in [0.15, 0.2) is 40.2 Å². The molecule has 1 aliphatic heterocycles. The molecule has 24 nitrogen and oxygen atoms in total. The van der Waals surface area contributed by atoms with E-state index in [0.29, 0.717) is 18.4 Å². The van der Waals surface area contributed by atoms with Crippen molar-refractivity contribution < 1.29 is 53.7 Å². The van der Waals surface area contributed by atoms with E-state index in [0.717, 1.165) is 4.90 Å². The standard InChI is InChI=1S/C41H62N12O12/c1-5-21(4)32(37(61)50-28(17-23-19-46-41(65)47-23)38(62)53-15-7-9-29(53)39(63)64)52-35(59)27(16-22-10-12-24(54)13-11-22)49-36(60)31(20(2)3)51-34(58)26(8-6-14-45-40(43)44)48-33(57)25(42)18-30(55)56/h10-13,19-21,25-29,31-32,54H,5-9,14-18,42H2,1-4H3,(H,48,57)(H,49,60)(H,50,61)(H,51,58)(H,52,59)(H,55,56)(H,63,64)(H4,43,44,45)(H2,46,47,65)/t21-,25-,26-,27-,28-,29-,31-,32-/m0/s1. The van der Waals surface area contributed by atoms with Crippen molar-refractivity contribution in [2.24, 2.45) is 34.0 Å². The van der Waals surface area contributed by atoms with Gasteiger partial charge in [-0.05, 0) is 55.2 Å². The summed E-state index contributed by atoms with van der Waals surface area (Å²) >= 11 is 0. The maximum absolute atomic E-state index is 14.3. The predicted octanol–water partition coefficient (Wildman–Crippen LogP) is -2.75. The quantitative estimate of drug-likeness (QED) is 0.0273. The zero-order chi connectivity index (χ0) is 48.5. The molecule has 6 amide bonds. The van der Waals surface area contributed by atoms with E-state index in [4.69, 9.17) is 22.3 Å². The maximum atomic E-state index is 14.3. The Morgan fingerprint density at radius 3 is 2.00 bits per heavy atom. The molecule has 2 heterocycles. The Hall–Kier alpha value is -6.98. The molecule has 24 heteroatoms. The molecule has 1 saturated heterocycles. The SMILES string of the molecule is CC[C@H](C)[C@H](NC(=O)[C@H](Cc1ccc(O)cc1)NC(=O)[C@@H](NC(=O)[C@H](CCCN=C(N)N)NC(=O)[C@@H](N)CC(=O)O)C(C)C)C(=O)N[C@@H](Cc1c[nH]c(=O)[nH]1)C(=O)N1CCC[C@H]1C(=O)O. The average molecular weight is 915 g/mol. The third kappa shape index (κ3) is 16.3. The van der Waals surface area contributed by atoms with E-state index in [1.54, 1.807) is 27.7 Å². The molecule has 0 radical (unpaired) electrons. The van der Waals surface area contributed by atoms with Crippen molar-refractivity contribution in [1.82, 2.24) is 41.5 Å². The Balaban J connectivity index is 1.92. The number of aliphatic imine (C=N–C) groups is 1. The number of guanidine groups is 1. The van der Waals surface area contributed by atoms with E-state index in [-0.39, 0.29) is 62.6 Å². The van der Waals surface area contributed by atoms with Crippen molar-refractivity contribution in [3.8, 4) is 5.75 Å². The van der Waals surface area contributed by atoms with Gasteiger partial charge in [-0.3, -0.25) is 38.6 Å². The van der Waals surface area contributed by atoms with Crippen molar-refractivity contribution in [1.29, 1.82) is 0 Å². The molecule has 0 unspecified atom stereocenters. The van der Waals surface area contributed by atoms with Crippen LogP contribution < -0.4 is 49.5 Å². The van der Waals surface area contributed by atoms with E-state index >= 15 is 0 Å². The number of H-pyrrole nitrogens is 2. The lowest BCUT2D eigenvalue weighted by Gasteiger charge is -2.31. The number of nitrogens with two attached hydrogens (primary N) is 3. The number of carbonyl (C=O) groups is 8. The van der Waals surface area contributed by atoms with Crippen LogP contribution >= 0.6 is 0 Å². The van der Waals surface area contributed by atoms with Crippen molar-refractivity contribution in [3.05, 3.63) is 52.2 Å².